The Bertz CT molecular complexity index is 1030. The average molecular weight is 367 g/mol. The Hall–Kier alpha value is -2.31. The van der Waals surface area contributed by atoms with Crippen molar-refractivity contribution in [3.63, 3.8) is 0 Å². The molecule has 0 fully saturated rings. The van der Waals surface area contributed by atoms with E-state index in [4.69, 9.17) is 0 Å². The highest BCUT2D eigenvalue weighted by Crippen LogP contribution is 2.36. The van der Waals surface area contributed by atoms with E-state index < -0.39 is 0 Å². The number of nitrogens with zero attached hydrogens (tertiary/aromatic N) is 3. The molecule has 124 valence electrons. The van der Waals surface area contributed by atoms with Crippen molar-refractivity contribution in [2.24, 2.45) is 0 Å². The number of aromatic nitrogens is 3. The molecule has 25 heavy (non-hydrogen) atoms. The highest BCUT2D eigenvalue weighted by molar-refractivity contribution is 7.98. The average Bonchev–Trinajstić information content (AvgIpc) is 3.02. The second-order valence-corrected chi connectivity index (χ2v) is 7.72. The monoisotopic (exact) mass is 367 g/mol. The van der Waals surface area contributed by atoms with E-state index in [1.165, 1.54) is 17.8 Å². The molecular weight excluding hydrogens is 353 g/mol. The van der Waals surface area contributed by atoms with Crippen molar-refractivity contribution < 1.29 is 4.39 Å². The van der Waals surface area contributed by atoms with Gasteiger partial charge in [0.2, 0.25) is 0 Å². The number of halogens is 1. The molecule has 0 radical (unpaired) electrons. The molecule has 0 aliphatic heterocycles. The molecule has 0 N–H and O–H groups in total. The van der Waals surface area contributed by atoms with Crippen LogP contribution in [0.2, 0.25) is 0 Å². The van der Waals surface area contributed by atoms with Crippen molar-refractivity contribution in [3.8, 4) is 11.3 Å². The molecule has 4 aromatic rings. The zero-order valence-electron chi connectivity index (χ0n) is 13.4. The molecule has 0 unspecified atom stereocenters. The lowest BCUT2D eigenvalue weighted by Gasteiger charge is -2.05. The molecule has 2 aromatic carbocycles. The Morgan fingerprint density at radius 3 is 2.68 bits per heavy atom. The van der Waals surface area contributed by atoms with Crippen LogP contribution in [0.15, 0.2) is 59.6 Å². The number of thioether (sulfide) groups is 1. The van der Waals surface area contributed by atoms with E-state index in [0.717, 1.165) is 37.1 Å². The number of hydrogen-bond acceptors (Lipinski definition) is 5. The molecule has 0 saturated carbocycles. The summed E-state index contributed by atoms with van der Waals surface area (Å²) < 4.78 is 14.4. The SMILES string of the molecule is Cc1nc2c(SCc3cccc(F)c3)nnc(-c3ccccc3)c2s1. The maximum Gasteiger partial charge on any atom is 0.146 e. The second-order valence-electron chi connectivity index (χ2n) is 5.55. The summed E-state index contributed by atoms with van der Waals surface area (Å²) in [7, 11) is 0. The number of hydrogen-bond donors (Lipinski definition) is 0. The van der Waals surface area contributed by atoms with Crippen LogP contribution in [-0.2, 0) is 5.75 Å². The summed E-state index contributed by atoms with van der Waals surface area (Å²) >= 11 is 3.16. The molecule has 0 atom stereocenters. The second kappa shape index (κ2) is 6.90. The minimum Gasteiger partial charge on any atom is -0.238 e. The highest BCUT2D eigenvalue weighted by atomic mass is 32.2. The lowest BCUT2D eigenvalue weighted by atomic mass is 10.1. The molecule has 4 rings (SSSR count). The van der Waals surface area contributed by atoms with Gasteiger partial charge in [-0.3, -0.25) is 0 Å². The summed E-state index contributed by atoms with van der Waals surface area (Å²) in [6.07, 6.45) is 0. The van der Waals surface area contributed by atoms with Gasteiger partial charge in [0, 0.05) is 11.3 Å². The van der Waals surface area contributed by atoms with Crippen molar-refractivity contribution in [2.75, 3.05) is 0 Å². The molecule has 0 amide bonds. The summed E-state index contributed by atoms with van der Waals surface area (Å²) in [6.45, 7) is 1.99. The van der Waals surface area contributed by atoms with Gasteiger partial charge in [-0.15, -0.1) is 21.5 Å². The topological polar surface area (TPSA) is 38.7 Å². The molecule has 2 heterocycles. The number of fused-ring (bicyclic) bond motifs is 1. The summed E-state index contributed by atoms with van der Waals surface area (Å²) in [4.78, 5) is 4.65. The Kier molecular flexibility index (Phi) is 4.46. The Morgan fingerprint density at radius 1 is 1.04 bits per heavy atom. The van der Waals surface area contributed by atoms with Gasteiger partial charge < -0.3 is 0 Å². The van der Waals surface area contributed by atoms with Gasteiger partial charge in [-0.05, 0) is 24.6 Å². The molecule has 0 aliphatic rings. The van der Waals surface area contributed by atoms with Gasteiger partial charge in [0.1, 0.15) is 22.1 Å². The van der Waals surface area contributed by atoms with Crippen molar-refractivity contribution in [1.29, 1.82) is 0 Å². The van der Waals surface area contributed by atoms with Crippen LogP contribution in [0.5, 0.6) is 0 Å². The van der Waals surface area contributed by atoms with Crippen LogP contribution in [-0.4, -0.2) is 15.2 Å². The normalized spacial score (nSPS) is 11.1. The van der Waals surface area contributed by atoms with Crippen LogP contribution in [0.4, 0.5) is 4.39 Å². The van der Waals surface area contributed by atoms with Crippen molar-refractivity contribution in [1.82, 2.24) is 15.2 Å². The lowest BCUT2D eigenvalue weighted by molar-refractivity contribution is 0.626. The quantitative estimate of drug-likeness (QED) is 0.447. The van der Waals surface area contributed by atoms with E-state index in [1.54, 1.807) is 23.5 Å². The molecule has 2 aromatic heterocycles. The fourth-order valence-electron chi connectivity index (χ4n) is 2.58. The molecule has 3 nitrogen and oxygen atoms in total. The summed E-state index contributed by atoms with van der Waals surface area (Å²) in [5, 5.41) is 10.6. The Morgan fingerprint density at radius 2 is 1.88 bits per heavy atom. The van der Waals surface area contributed by atoms with Crippen LogP contribution in [0.1, 0.15) is 10.6 Å². The van der Waals surface area contributed by atoms with Gasteiger partial charge in [-0.1, -0.05) is 54.2 Å². The van der Waals surface area contributed by atoms with Gasteiger partial charge in [0.05, 0.1) is 9.71 Å². The van der Waals surface area contributed by atoms with Crippen LogP contribution in [0.25, 0.3) is 21.5 Å². The summed E-state index contributed by atoms with van der Waals surface area (Å²) in [5.41, 5.74) is 3.68. The molecular formula is C19H14FN3S2. The van der Waals surface area contributed by atoms with Crippen LogP contribution in [0, 0.1) is 12.7 Å². The predicted octanol–water partition coefficient (Wildman–Crippen LogP) is 5.49. The standard InChI is InChI=1S/C19H14FN3S2/c1-12-21-17-18(25-12)16(14-7-3-2-4-8-14)22-23-19(17)24-11-13-6-5-9-15(20)10-13/h2-10H,11H2,1H3. The number of aryl methyl sites for hydroxylation is 1. The maximum absolute atomic E-state index is 13.3. The smallest absolute Gasteiger partial charge is 0.146 e. The first-order chi connectivity index (χ1) is 12.2. The highest BCUT2D eigenvalue weighted by Gasteiger charge is 2.15. The van der Waals surface area contributed by atoms with E-state index in [1.807, 2.05) is 43.3 Å². The minimum atomic E-state index is -0.224. The first kappa shape index (κ1) is 16.2. The lowest BCUT2D eigenvalue weighted by Crippen LogP contribution is -1.93. The van der Waals surface area contributed by atoms with E-state index in [0.29, 0.717) is 5.75 Å². The largest absolute Gasteiger partial charge is 0.238 e. The van der Waals surface area contributed by atoms with Gasteiger partial charge >= 0.3 is 0 Å². The third kappa shape index (κ3) is 3.41. The Labute approximate surface area is 153 Å². The van der Waals surface area contributed by atoms with E-state index in [9.17, 15) is 4.39 Å². The van der Waals surface area contributed by atoms with Gasteiger partial charge in [-0.2, -0.15) is 0 Å². The Balaban J connectivity index is 1.71. The first-order valence-corrected chi connectivity index (χ1v) is 9.57. The zero-order valence-corrected chi connectivity index (χ0v) is 15.1. The van der Waals surface area contributed by atoms with E-state index in [-0.39, 0.29) is 5.82 Å². The predicted molar refractivity (Wildman–Crippen MR) is 101 cm³/mol. The molecule has 0 saturated heterocycles. The van der Waals surface area contributed by atoms with Crippen molar-refractivity contribution in [2.45, 2.75) is 17.7 Å². The summed E-state index contributed by atoms with van der Waals surface area (Å²) in [5.74, 6) is 0.404. The van der Waals surface area contributed by atoms with Gasteiger partial charge in [0.15, 0.2) is 0 Å². The third-order valence-electron chi connectivity index (χ3n) is 3.70. The molecule has 0 spiro atoms. The number of rotatable bonds is 4. The number of benzene rings is 2. The maximum atomic E-state index is 13.3. The fraction of sp³-hybridized carbons (Fsp3) is 0.105. The van der Waals surface area contributed by atoms with Crippen molar-refractivity contribution in [3.05, 3.63) is 71.0 Å². The third-order valence-corrected chi connectivity index (χ3v) is 5.71. The fourth-order valence-corrected chi connectivity index (χ4v) is 4.44. The van der Waals surface area contributed by atoms with Crippen molar-refractivity contribution >= 4 is 33.3 Å². The van der Waals surface area contributed by atoms with E-state index in [2.05, 4.69) is 15.2 Å². The minimum absolute atomic E-state index is 0.224. The molecule has 0 aliphatic carbocycles. The van der Waals surface area contributed by atoms with Gasteiger partial charge in [-0.25, -0.2) is 9.37 Å². The van der Waals surface area contributed by atoms with E-state index >= 15 is 0 Å². The van der Waals surface area contributed by atoms with Crippen LogP contribution >= 0.6 is 23.1 Å². The van der Waals surface area contributed by atoms with Crippen LogP contribution < -0.4 is 0 Å². The molecule has 0 bridgehead atoms. The first-order valence-electron chi connectivity index (χ1n) is 7.77. The number of thiazole rings is 1. The van der Waals surface area contributed by atoms with Gasteiger partial charge in [0.25, 0.3) is 0 Å². The van der Waals surface area contributed by atoms with Crippen LogP contribution in [0.3, 0.4) is 0 Å². The summed E-state index contributed by atoms with van der Waals surface area (Å²) in [6, 6.07) is 16.6. The molecule has 6 heteroatoms. The zero-order chi connectivity index (χ0) is 17.2.